The van der Waals surface area contributed by atoms with Crippen LogP contribution in [-0.2, 0) is 22.7 Å². The molecular formula is C23H22ClNO4. The van der Waals surface area contributed by atoms with E-state index in [-0.39, 0.29) is 19.4 Å². The molecule has 0 spiro atoms. The maximum absolute atomic E-state index is 12.8. The van der Waals surface area contributed by atoms with Gasteiger partial charge in [0.1, 0.15) is 12.4 Å². The molecule has 0 saturated heterocycles. The van der Waals surface area contributed by atoms with E-state index in [9.17, 15) is 4.79 Å². The summed E-state index contributed by atoms with van der Waals surface area (Å²) in [6.07, 6.45) is 0. The number of carbonyl (C=O) groups excluding carboxylic acids is 1. The lowest BCUT2D eigenvalue weighted by Crippen LogP contribution is -2.14. The van der Waals surface area contributed by atoms with E-state index in [0.29, 0.717) is 22.9 Å². The predicted molar refractivity (Wildman–Crippen MR) is 111 cm³/mol. The van der Waals surface area contributed by atoms with Gasteiger partial charge in [-0.1, -0.05) is 29.3 Å². The van der Waals surface area contributed by atoms with E-state index in [0.717, 1.165) is 28.2 Å². The number of hydrogen-bond donors (Lipinski definition) is 0. The topological polar surface area (TPSA) is 49.7 Å². The Morgan fingerprint density at radius 2 is 1.90 bits per heavy atom. The average molecular weight is 412 g/mol. The van der Waals surface area contributed by atoms with E-state index in [2.05, 4.69) is 16.7 Å². The molecule has 0 aliphatic carbocycles. The van der Waals surface area contributed by atoms with Gasteiger partial charge in [0.25, 0.3) is 0 Å². The first-order chi connectivity index (χ1) is 13.9. The van der Waals surface area contributed by atoms with Crippen molar-refractivity contribution in [2.75, 3.05) is 6.79 Å². The summed E-state index contributed by atoms with van der Waals surface area (Å²) >= 11 is 6.19. The maximum Gasteiger partial charge on any atom is 0.340 e. The molecule has 0 N–H and O–H groups in total. The molecule has 29 heavy (non-hydrogen) atoms. The molecule has 0 unspecified atom stereocenters. The normalized spacial score (nSPS) is 13.0. The number of rotatable bonds is 4. The van der Waals surface area contributed by atoms with Gasteiger partial charge in [0.2, 0.25) is 0 Å². The highest BCUT2D eigenvalue weighted by atomic mass is 35.5. The van der Waals surface area contributed by atoms with E-state index >= 15 is 0 Å². The number of carbonyl (C=O) groups is 1. The van der Waals surface area contributed by atoms with Gasteiger partial charge in [-0.15, -0.1) is 0 Å². The molecule has 1 aliphatic rings. The van der Waals surface area contributed by atoms with E-state index < -0.39 is 0 Å². The fourth-order valence-corrected chi connectivity index (χ4v) is 3.91. The molecule has 0 radical (unpaired) electrons. The molecular weight excluding hydrogens is 390 g/mol. The standard InChI is InChI=1S/C23H22ClNO4/c1-14-4-6-20(7-5-14)25-15(2)8-21(16(25)3)23(26)28-12-18-10-19(24)9-17-11-27-13-29-22(17)18/h4-10H,11-13H2,1-3H3. The average Bonchev–Trinajstić information content (AvgIpc) is 3.00. The highest BCUT2D eigenvalue weighted by Gasteiger charge is 2.21. The van der Waals surface area contributed by atoms with Gasteiger partial charge in [0.05, 0.1) is 12.2 Å². The van der Waals surface area contributed by atoms with E-state index in [4.69, 9.17) is 25.8 Å². The lowest BCUT2D eigenvalue weighted by molar-refractivity contribution is -0.0180. The molecule has 4 rings (SSSR count). The first-order valence-electron chi connectivity index (χ1n) is 9.39. The fourth-order valence-electron chi connectivity index (χ4n) is 3.65. The van der Waals surface area contributed by atoms with Crippen molar-refractivity contribution in [2.24, 2.45) is 0 Å². The zero-order valence-corrected chi connectivity index (χ0v) is 17.4. The first kappa shape index (κ1) is 19.6. The largest absolute Gasteiger partial charge is 0.467 e. The van der Waals surface area contributed by atoms with Gasteiger partial charge in [-0.3, -0.25) is 0 Å². The molecule has 3 aromatic rings. The second-order valence-electron chi connectivity index (χ2n) is 7.20. The lowest BCUT2D eigenvalue weighted by atomic mass is 10.1. The minimum atomic E-state index is -0.378. The molecule has 6 heteroatoms. The summed E-state index contributed by atoms with van der Waals surface area (Å²) in [7, 11) is 0. The molecule has 0 atom stereocenters. The highest BCUT2D eigenvalue weighted by molar-refractivity contribution is 6.30. The van der Waals surface area contributed by atoms with Crippen LogP contribution < -0.4 is 4.74 Å². The molecule has 150 valence electrons. The van der Waals surface area contributed by atoms with E-state index in [1.165, 1.54) is 5.56 Å². The first-order valence-corrected chi connectivity index (χ1v) is 9.77. The van der Waals surface area contributed by atoms with Crippen molar-refractivity contribution < 1.29 is 19.0 Å². The Labute approximate surface area is 174 Å². The number of benzene rings is 2. The number of halogens is 1. The number of hydrogen-bond acceptors (Lipinski definition) is 4. The van der Waals surface area contributed by atoms with Crippen molar-refractivity contribution in [3.8, 4) is 11.4 Å². The summed E-state index contributed by atoms with van der Waals surface area (Å²) in [4.78, 5) is 12.8. The van der Waals surface area contributed by atoms with Crippen molar-refractivity contribution in [1.82, 2.24) is 4.57 Å². The van der Waals surface area contributed by atoms with Crippen LogP contribution in [0.3, 0.4) is 0 Å². The van der Waals surface area contributed by atoms with Crippen LogP contribution in [0.5, 0.6) is 5.75 Å². The van der Waals surface area contributed by atoms with Crippen molar-refractivity contribution in [3.05, 3.63) is 81.1 Å². The molecule has 2 aromatic carbocycles. The van der Waals surface area contributed by atoms with Crippen LogP contribution in [0.15, 0.2) is 42.5 Å². The van der Waals surface area contributed by atoms with Crippen molar-refractivity contribution in [1.29, 1.82) is 0 Å². The van der Waals surface area contributed by atoms with Crippen LogP contribution in [0.2, 0.25) is 5.02 Å². The number of fused-ring (bicyclic) bond motifs is 1. The number of aromatic nitrogens is 1. The molecule has 0 fully saturated rings. The Kier molecular flexibility index (Phi) is 5.35. The summed E-state index contributed by atoms with van der Waals surface area (Å²) in [6, 6.07) is 13.6. The van der Waals surface area contributed by atoms with Crippen molar-refractivity contribution >= 4 is 17.6 Å². The van der Waals surface area contributed by atoms with Gasteiger partial charge in [-0.25, -0.2) is 4.79 Å². The SMILES string of the molecule is Cc1ccc(-n2c(C)cc(C(=O)OCc3cc(Cl)cc4c3OCOC4)c2C)cc1. The van der Waals surface area contributed by atoms with Crippen molar-refractivity contribution in [2.45, 2.75) is 34.0 Å². The monoisotopic (exact) mass is 411 g/mol. The zero-order chi connectivity index (χ0) is 20.5. The van der Waals surface area contributed by atoms with Crippen LogP contribution in [0.4, 0.5) is 0 Å². The van der Waals surface area contributed by atoms with Crippen LogP contribution in [0.25, 0.3) is 5.69 Å². The second-order valence-corrected chi connectivity index (χ2v) is 7.63. The molecule has 1 aliphatic heterocycles. The van der Waals surface area contributed by atoms with Crippen LogP contribution >= 0.6 is 11.6 Å². The number of aryl methyl sites for hydroxylation is 2. The quantitative estimate of drug-likeness (QED) is 0.548. The van der Waals surface area contributed by atoms with E-state index in [1.54, 1.807) is 12.1 Å². The lowest BCUT2D eigenvalue weighted by Gasteiger charge is -2.21. The third-order valence-electron chi connectivity index (χ3n) is 5.05. The second kappa shape index (κ2) is 7.93. The van der Waals surface area contributed by atoms with E-state index in [1.807, 2.05) is 39.0 Å². The smallest absolute Gasteiger partial charge is 0.340 e. The maximum atomic E-state index is 12.8. The molecule has 5 nitrogen and oxygen atoms in total. The summed E-state index contributed by atoms with van der Waals surface area (Å²) in [5, 5.41) is 0.557. The molecule has 0 amide bonds. The molecule has 1 aromatic heterocycles. The Hall–Kier alpha value is -2.76. The summed E-state index contributed by atoms with van der Waals surface area (Å²) < 4.78 is 18.5. The van der Waals surface area contributed by atoms with Gasteiger partial charge < -0.3 is 18.8 Å². The fraction of sp³-hybridized carbons (Fsp3) is 0.261. The Balaban J connectivity index is 1.57. The third-order valence-corrected chi connectivity index (χ3v) is 5.27. The minimum absolute atomic E-state index is 0.0793. The van der Waals surface area contributed by atoms with Crippen LogP contribution in [0, 0.1) is 20.8 Å². The van der Waals surface area contributed by atoms with Gasteiger partial charge in [-0.05, 0) is 51.1 Å². The Bertz CT molecular complexity index is 1070. The highest BCUT2D eigenvalue weighted by Crippen LogP contribution is 2.32. The minimum Gasteiger partial charge on any atom is -0.467 e. The number of ether oxygens (including phenoxy) is 3. The number of nitrogens with zero attached hydrogens (tertiary/aromatic N) is 1. The summed E-state index contributed by atoms with van der Waals surface area (Å²) in [5.41, 5.74) is 6.15. The Morgan fingerprint density at radius 1 is 1.14 bits per heavy atom. The Morgan fingerprint density at radius 3 is 2.66 bits per heavy atom. The summed E-state index contributed by atoms with van der Waals surface area (Å²) in [5.74, 6) is 0.302. The van der Waals surface area contributed by atoms with Crippen LogP contribution in [-0.4, -0.2) is 17.3 Å². The third kappa shape index (κ3) is 3.88. The van der Waals surface area contributed by atoms with Crippen LogP contribution in [0.1, 0.15) is 38.4 Å². The number of esters is 1. The molecule has 0 saturated carbocycles. The van der Waals surface area contributed by atoms with Gasteiger partial charge in [0, 0.05) is 33.2 Å². The van der Waals surface area contributed by atoms with Crippen molar-refractivity contribution in [3.63, 3.8) is 0 Å². The molecule has 0 bridgehead atoms. The van der Waals surface area contributed by atoms with Gasteiger partial charge in [-0.2, -0.15) is 0 Å². The zero-order valence-electron chi connectivity index (χ0n) is 16.6. The summed E-state index contributed by atoms with van der Waals surface area (Å²) in [6.45, 7) is 6.63. The molecule has 2 heterocycles. The predicted octanol–water partition coefficient (Wildman–Crippen LogP) is 5.28. The van der Waals surface area contributed by atoms with Gasteiger partial charge in [0.15, 0.2) is 6.79 Å². The van der Waals surface area contributed by atoms with Gasteiger partial charge >= 0.3 is 5.97 Å².